The van der Waals surface area contributed by atoms with Gasteiger partial charge in [-0.25, -0.2) is 8.42 Å². The Morgan fingerprint density at radius 3 is 2.30 bits per heavy atom. The molecule has 1 aliphatic rings. The first-order chi connectivity index (χ1) is 11.0. The van der Waals surface area contributed by atoms with Gasteiger partial charge in [0.1, 0.15) is 0 Å². The van der Waals surface area contributed by atoms with E-state index in [4.69, 9.17) is 0 Å². The van der Waals surface area contributed by atoms with Crippen molar-refractivity contribution >= 4 is 20.6 Å². The smallest absolute Gasteiger partial charge is 0.207 e. The van der Waals surface area contributed by atoms with E-state index >= 15 is 0 Å². The molecule has 1 aliphatic carbocycles. The number of hydrogen-bond donors (Lipinski definition) is 0. The van der Waals surface area contributed by atoms with Crippen molar-refractivity contribution in [2.24, 2.45) is 0 Å². The van der Waals surface area contributed by atoms with Gasteiger partial charge in [-0.3, -0.25) is 0 Å². The molecule has 3 aromatic carbocycles. The molecular weight excluding hydrogens is 304 g/mol. The molecule has 3 aromatic rings. The molecule has 3 heteroatoms. The van der Waals surface area contributed by atoms with Gasteiger partial charge in [0, 0.05) is 5.39 Å². The normalized spacial score (nSPS) is 13.7. The third-order valence-corrected chi connectivity index (χ3v) is 6.72. The Morgan fingerprint density at radius 1 is 0.826 bits per heavy atom. The summed E-state index contributed by atoms with van der Waals surface area (Å²) in [5, 5.41) is 1.99. The van der Waals surface area contributed by atoms with Crippen molar-refractivity contribution in [3.63, 3.8) is 0 Å². The largest absolute Gasteiger partial charge is 0.218 e. The maximum atomic E-state index is 13.2. The summed E-state index contributed by atoms with van der Waals surface area (Å²) >= 11 is 0. The Morgan fingerprint density at radius 2 is 1.57 bits per heavy atom. The molecular formula is C20H18O2S. The summed E-state index contributed by atoms with van der Waals surface area (Å²) in [6.45, 7) is 3.94. The van der Waals surface area contributed by atoms with Crippen molar-refractivity contribution in [2.45, 2.75) is 36.5 Å². The first-order valence-electron chi connectivity index (χ1n) is 7.84. The summed E-state index contributed by atoms with van der Waals surface area (Å²) in [4.78, 5) is 0.794. The number of rotatable bonds is 2. The lowest BCUT2D eigenvalue weighted by atomic mass is 10.1. The van der Waals surface area contributed by atoms with Crippen LogP contribution in [0.4, 0.5) is 0 Å². The fourth-order valence-electron chi connectivity index (χ4n) is 3.46. The quantitative estimate of drug-likeness (QED) is 0.701. The van der Waals surface area contributed by atoms with Crippen LogP contribution < -0.4 is 0 Å². The van der Waals surface area contributed by atoms with Crippen LogP contribution in [0.2, 0.25) is 0 Å². The molecule has 0 aromatic heterocycles. The topological polar surface area (TPSA) is 34.1 Å². The van der Waals surface area contributed by atoms with Gasteiger partial charge in [0.05, 0.1) is 9.79 Å². The molecule has 0 aliphatic heterocycles. The van der Waals surface area contributed by atoms with E-state index in [1.165, 1.54) is 11.1 Å². The molecule has 0 amide bonds. The number of aryl methyl sites for hydroxylation is 4. The van der Waals surface area contributed by atoms with E-state index in [1.54, 1.807) is 18.2 Å². The van der Waals surface area contributed by atoms with Crippen molar-refractivity contribution in [3.8, 4) is 0 Å². The summed E-state index contributed by atoms with van der Waals surface area (Å²) < 4.78 is 26.3. The Kier molecular flexibility index (Phi) is 3.10. The van der Waals surface area contributed by atoms with Crippen molar-refractivity contribution < 1.29 is 8.42 Å². The van der Waals surface area contributed by atoms with Gasteiger partial charge in [-0.05, 0) is 72.5 Å². The van der Waals surface area contributed by atoms with Crippen LogP contribution in [0.1, 0.15) is 22.3 Å². The van der Waals surface area contributed by atoms with E-state index in [1.807, 2.05) is 38.1 Å². The second-order valence-corrected chi connectivity index (χ2v) is 8.23. The maximum absolute atomic E-state index is 13.2. The highest BCUT2D eigenvalue weighted by molar-refractivity contribution is 7.91. The molecule has 0 N–H and O–H groups in total. The zero-order chi connectivity index (χ0) is 16.2. The summed E-state index contributed by atoms with van der Waals surface area (Å²) in [6, 6.07) is 15.1. The van der Waals surface area contributed by atoms with Crippen LogP contribution >= 0.6 is 0 Å². The van der Waals surface area contributed by atoms with Gasteiger partial charge in [0.2, 0.25) is 9.84 Å². The standard InChI is InChI=1S/C20H18O2S/c1-13-6-10-17(12-14(13)2)23(21,22)19-11-9-16-8-7-15-4-3-5-18(19)20(15)16/h3-6,9-12H,7-8H2,1-2H3. The Bertz CT molecular complexity index is 1040. The van der Waals surface area contributed by atoms with Gasteiger partial charge in [0.15, 0.2) is 0 Å². The fraction of sp³-hybridized carbons (Fsp3) is 0.200. The van der Waals surface area contributed by atoms with E-state index in [-0.39, 0.29) is 0 Å². The van der Waals surface area contributed by atoms with Crippen LogP contribution in [-0.4, -0.2) is 8.42 Å². The zero-order valence-electron chi connectivity index (χ0n) is 13.3. The Hall–Kier alpha value is -2.13. The molecule has 0 saturated heterocycles. The molecule has 2 nitrogen and oxygen atoms in total. The van der Waals surface area contributed by atoms with Crippen LogP contribution in [0.25, 0.3) is 10.8 Å². The minimum Gasteiger partial charge on any atom is -0.218 e. The lowest BCUT2D eigenvalue weighted by Gasteiger charge is -2.11. The SMILES string of the molecule is Cc1ccc(S(=O)(=O)c2ccc3c4c(cccc24)CC3)cc1C. The predicted molar refractivity (Wildman–Crippen MR) is 92.7 cm³/mol. The molecule has 0 unspecified atom stereocenters. The van der Waals surface area contributed by atoms with Gasteiger partial charge in [0.25, 0.3) is 0 Å². The first kappa shape index (κ1) is 14.5. The van der Waals surface area contributed by atoms with Crippen LogP contribution in [0.15, 0.2) is 58.3 Å². The Labute approximate surface area is 136 Å². The zero-order valence-corrected chi connectivity index (χ0v) is 14.1. The lowest BCUT2D eigenvalue weighted by molar-refractivity contribution is 0.597. The van der Waals surface area contributed by atoms with Gasteiger partial charge in [-0.15, -0.1) is 0 Å². The average molecular weight is 322 g/mol. The lowest BCUT2D eigenvalue weighted by Crippen LogP contribution is -2.04. The van der Waals surface area contributed by atoms with E-state index in [2.05, 4.69) is 6.07 Å². The van der Waals surface area contributed by atoms with Crippen LogP contribution in [0.3, 0.4) is 0 Å². The minimum atomic E-state index is -3.51. The van der Waals surface area contributed by atoms with Crippen molar-refractivity contribution in [3.05, 3.63) is 70.8 Å². The maximum Gasteiger partial charge on any atom is 0.207 e. The van der Waals surface area contributed by atoms with Gasteiger partial charge in [-0.1, -0.05) is 30.3 Å². The molecule has 23 heavy (non-hydrogen) atoms. The molecule has 116 valence electrons. The predicted octanol–water partition coefficient (Wildman–Crippen LogP) is 4.39. The second kappa shape index (κ2) is 4.93. The van der Waals surface area contributed by atoms with Gasteiger partial charge in [-0.2, -0.15) is 0 Å². The molecule has 0 fully saturated rings. The molecule has 0 bridgehead atoms. The number of sulfone groups is 1. The summed E-state index contributed by atoms with van der Waals surface area (Å²) in [5.41, 5.74) is 4.62. The summed E-state index contributed by atoms with van der Waals surface area (Å²) in [5.74, 6) is 0. The van der Waals surface area contributed by atoms with Crippen molar-refractivity contribution in [1.29, 1.82) is 0 Å². The minimum absolute atomic E-state index is 0.374. The fourth-order valence-corrected chi connectivity index (χ4v) is 5.00. The highest BCUT2D eigenvalue weighted by Crippen LogP contribution is 2.36. The molecule has 0 spiro atoms. The van der Waals surface area contributed by atoms with Crippen LogP contribution in [0.5, 0.6) is 0 Å². The second-order valence-electron chi connectivity index (χ2n) is 6.31. The number of hydrogen-bond acceptors (Lipinski definition) is 2. The molecule has 0 saturated carbocycles. The van der Waals surface area contributed by atoms with E-state index in [9.17, 15) is 8.42 Å². The van der Waals surface area contributed by atoms with Gasteiger partial charge < -0.3 is 0 Å². The number of benzene rings is 3. The molecule has 0 radical (unpaired) electrons. The summed E-state index contributed by atoms with van der Waals surface area (Å²) in [6.07, 6.45) is 2.00. The van der Waals surface area contributed by atoms with Crippen molar-refractivity contribution in [1.82, 2.24) is 0 Å². The third kappa shape index (κ3) is 2.11. The average Bonchev–Trinajstić information content (AvgIpc) is 2.95. The highest BCUT2D eigenvalue weighted by Gasteiger charge is 2.24. The van der Waals surface area contributed by atoms with E-state index in [0.29, 0.717) is 9.79 Å². The molecule has 0 atom stereocenters. The summed E-state index contributed by atoms with van der Waals surface area (Å²) in [7, 11) is -3.51. The van der Waals surface area contributed by atoms with E-state index < -0.39 is 9.84 Å². The highest BCUT2D eigenvalue weighted by atomic mass is 32.2. The van der Waals surface area contributed by atoms with Crippen molar-refractivity contribution in [2.75, 3.05) is 0 Å². The monoisotopic (exact) mass is 322 g/mol. The third-order valence-electron chi connectivity index (χ3n) is 4.92. The van der Waals surface area contributed by atoms with Crippen LogP contribution in [0, 0.1) is 13.8 Å². The molecule has 0 heterocycles. The van der Waals surface area contributed by atoms with Gasteiger partial charge >= 0.3 is 0 Å². The first-order valence-corrected chi connectivity index (χ1v) is 9.32. The Balaban J connectivity index is 2.01. The van der Waals surface area contributed by atoms with Crippen LogP contribution in [-0.2, 0) is 22.7 Å². The molecule has 4 rings (SSSR count). The van der Waals surface area contributed by atoms with E-state index in [0.717, 1.165) is 34.7 Å².